The van der Waals surface area contributed by atoms with Gasteiger partial charge in [0, 0.05) is 41.5 Å². The van der Waals surface area contributed by atoms with Crippen LogP contribution in [0.5, 0.6) is 0 Å². The van der Waals surface area contributed by atoms with E-state index in [2.05, 4.69) is 20.6 Å². The van der Waals surface area contributed by atoms with Crippen molar-refractivity contribution in [3.8, 4) is 0 Å². The quantitative estimate of drug-likeness (QED) is 0.380. The number of urea groups is 1. The van der Waals surface area contributed by atoms with Crippen LogP contribution in [0.2, 0.25) is 0 Å². The third kappa shape index (κ3) is 3.37. The summed E-state index contributed by atoms with van der Waals surface area (Å²) < 4.78 is 32.6. The number of carbonyl (C=O) groups excluding carboxylic acids is 1. The molecule has 2 aromatic carbocycles. The molecule has 0 aliphatic heterocycles. The minimum absolute atomic E-state index is 0.330. The molecule has 3 N–H and O–H groups in total. The monoisotopic (exact) mass is 401 g/mol. The molecule has 7 heteroatoms. The first-order chi connectivity index (χ1) is 15.4. The van der Waals surface area contributed by atoms with Crippen LogP contribution < -0.4 is 10.6 Å². The Morgan fingerprint density at radius 3 is 2.90 bits per heavy atom. The van der Waals surface area contributed by atoms with Crippen molar-refractivity contribution in [2.75, 3.05) is 10.6 Å². The third-order valence-corrected chi connectivity index (χ3v) is 4.76. The molecule has 30 heavy (non-hydrogen) atoms. The third-order valence-electron chi connectivity index (χ3n) is 4.76. The van der Waals surface area contributed by atoms with E-state index < -0.39 is 18.3 Å². The fourth-order valence-electron chi connectivity index (χ4n) is 3.41. The molecule has 3 aromatic heterocycles. The predicted molar refractivity (Wildman–Crippen MR) is 116 cm³/mol. The summed E-state index contributed by atoms with van der Waals surface area (Å²) in [6.45, 7) is -1.87. The van der Waals surface area contributed by atoms with E-state index in [-0.39, 0.29) is 0 Å². The van der Waals surface area contributed by atoms with Crippen LogP contribution in [-0.2, 0) is 6.50 Å². The second-order valence-electron chi connectivity index (χ2n) is 6.72. The van der Waals surface area contributed by atoms with Gasteiger partial charge in [0.1, 0.15) is 11.5 Å². The van der Waals surface area contributed by atoms with Crippen molar-refractivity contribution in [3.63, 3.8) is 0 Å². The van der Waals surface area contributed by atoms with Gasteiger partial charge in [0.2, 0.25) is 0 Å². The number of aromatic amines is 1. The zero-order chi connectivity index (χ0) is 22.3. The van der Waals surface area contributed by atoms with Gasteiger partial charge in [-0.2, -0.15) is 0 Å². The van der Waals surface area contributed by atoms with Crippen molar-refractivity contribution in [3.05, 3.63) is 90.6 Å². The van der Waals surface area contributed by atoms with Gasteiger partial charge < -0.3 is 20.2 Å². The van der Waals surface area contributed by atoms with E-state index in [1.807, 2.05) is 0 Å². The molecular formula is C23H18FN5O. The maximum absolute atomic E-state index is 13.4. The van der Waals surface area contributed by atoms with Crippen molar-refractivity contribution < 1.29 is 11.9 Å². The predicted octanol–water partition coefficient (Wildman–Crippen LogP) is 5.35. The van der Waals surface area contributed by atoms with Crippen molar-refractivity contribution in [1.29, 1.82) is 0 Å². The normalized spacial score (nSPS) is 12.6. The van der Waals surface area contributed by atoms with Crippen molar-refractivity contribution in [2.45, 2.75) is 6.50 Å². The van der Waals surface area contributed by atoms with Crippen molar-refractivity contribution >= 4 is 39.3 Å². The average molecular weight is 401 g/mol. The zero-order valence-corrected chi connectivity index (χ0v) is 15.7. The van der Waals surface area contributed by atoms with Gasteiger partial charge in [0.25, 0.3) is 0 Å². The first-order valence-electron chi connectivity index (χ1n) is 10.3. The van der Waals surface area contributed by atoms with Gasteiger partial charge in [0.05, 0.1) is 13.9 Å². The number of aromatic nitrogens is 3. The van der Waals surface area contributed by atoms with Crippen molar-refractivity contribution in [1.82, 2.24) is 14.5 Å². The Kier molecular flexibility index (Phi) is 3.87. The summed E-state index contributed by atoms with van der Waals surface area (Å²) in [4.78, 5) is 19.7. The lowest BCUT2D eigenvalue weighted by Gasteiger charge is -2.10. The number of benzene rings is 2. The van der Waals surface area contributed by atoms with E-state index in [1.165, 1.54) is 22.8 Å². The summed E-state index contributed by atoms with van der Waals surface area (Å²) in [5, 5.41) is 6.72. The van der Waals surface area contributed by atoms with E-state index in [0.717, 1.165) is 0 Å². The molecule has 148 valence electrons. The Morgan fingerprint density at radius 2 is 2.00 bits per heavy atom. The number of H-pyrrole nitrogens is 1. The summed E-state index contributed by atoms with van der Waals surface area (Å²) in [5.41, 5.74) is 2.53. The number of anilines is 2. The highest BCUT2D eigenvalue weighted by atomic mass is 19.1. The molecule has 2 amide bonds. The average Bonchev–Trinajstić information content (AvgIpc) is 3.41. The van der Waals surface area contributed by atoms with Gasteiger partial charge in [-0.3, -0.25) is 0 Å². The molecule has 0 fully saturated rings. The fourth-order valence-corrected chi connectivity index (χ4v) is 3.41. The highest BCUT2D eigenvalue weighted by molar-refractivity contribution is 6.05. The Balaban J connectivity index is 1.49. The largest absolute Gasteiger partial charge is 0.346 e. The summed E-state index contributed by atoms with van der Waals surface area (Å²) in [5.74, 6) is -0.447. The van der Waals surface area contributed by atoms with Crippen molar-refractivity contribution in [2.24, 2.45) is 0 Å². The summed E-state index contributed by atoms with van der Waals surface area (Å²) in [6.07, 6.45) is 4.95. The zero-order valence-electron chi connectivity index (χ0n) is 17.7. The molecule has 3 heterocycles. The van der Waals surface area contributed by atoms with Crippen LogP contribution in [-0.4, -0.2) is 20.6 Å². The highest BCUT2D eigenvalue weighted by Crippen LogP contribution is 2.26. The number of amides is 2. The second-order valence-corrected chi connectivity index (χ2v) is 6.72. The Morgan fingerprint density at radius 1 is 1.10 bits per heavy atom. The molecule has 0 spiro atoms. The minimum atomic E-state index is -1.87. The Bertz CT molecular complexity index is 1460. The molecule has 0 radical (unpaired) electrons. The second kappa shape index (κ2) is 7.36. The van der Waals surface area contributed by atoms with E-state index in [1.54, 1.807) is 61.1 Å². The SMILES string of the molecule is [2H]C([2H])(c1ccnc2[nH]ccc12)n1ccc2c(NC(=O)Nc3cccc(F)c3)cccc21. The standard InChI is InChI=1S/C23H18FN5O/c24-16-3-1-4-17(13-16)27-23(30)28-20-5-2-6-21-19(20)9-12-29(21)14-15-7-10-25-22-18(15)8-11-26-22/h1-13H,14H2,(H,25,26)(H2,27,28,30)/i14D2. The molecule has 0 aliphatic rings. The maximum Gasteiger partial charge on any atom is 0.323 e. The van der Waals surface area contributed by atoms with Crippen LogP contribution in [0, 0.1) is 5.82 Å². The minimum Gasteiger partial charge on any atom is -0.346 e. The van der Waals surface area contributed by atoms with E-state index >= 15 is 0 Å². The number of rotatable bonds is 4. The fraction of sp³-hybridized carbons (Fsp3) is 0.0435. The number of nitrogens with zero attached hydrogens (tertiary/aromatic N) is 2. The number of pyridine rings is 1. The number of nitrogens with one attached hydrogen (secondary N) is 3. The molecule has 5 aromatic rings. The molecule has 5 rings (SSSR count). The molecular weight excluding hydrogens is 381 g/mol. The summed E-state index contributed by atoms with van der Waals surface area (Å²) in [7, 11) is 0. The van der Waals surface area contributed by atoms with Crippen LogP contribution in [0.25, 0.3) is 21.9 Å². The molecule has 6 nitrogen and oxygen atoms in total. The van der Waals surface area contributed by atoms with Crippen LogP contribution in [0.3, 0.4) is 0 Å². The molecule has 0 atom stereocenters. The molecule has 0 unspecified atom stereocenters. The lowest BCUT2D eigenvalue weighted by atomic mass is 10.2. The lowest BCUT2D eigenvalue weighted by Crippen LogP contribution is -2.19. The van der Waals surface area contributed by atoms with Crippen LogP contribution >= 0.6 is 0 Å². The topological polar surface area (TPSA) is 74.7 Å². The number of hydrogen-bond donors (Lipinski definition) is 3. The van der Waals surface area contributed by atoms with Gasteiger partial charge in [-0.25, -0.2) is 14.2 Å². The Hall–Kier alpha value is -4.13. The molecule has 0 saturated heterocycles. The van der Waals surface area contributed by atoms with Gasteiger partial charge in [-0.05, 0) is 54.1 Å². The Labute approximate surface area is 174 Å². The smallest absolute Gasteiger partial charge is 0.323 e. The van der Waals surface area contributed by atoms with Gasteiger partial charge in [-0.15, -0.1) is 0 Å². The highest BCUT2D eigenvalue weighted by Gasteiger charge is 2.11. The number of hydrogen-bond acceptors (Lipinski definition) is 2. The molecule has 0 saturated carbocycles. The molecule has 0 bridgehead atoms. The first-order valence-corrected chi connectivity index (χ1v) is 9.30. The van der Waals surface area contributed by atoms with Crippen LogP contribution in [0.1, 0.15) is 8.30 Å². The van der Waals surface area contributed by atoms with E-state index in [0.29, 0.717) is 38.9 Å². The maximum atomic E-state index is 13.4. The number of halogens is 1. The molecule has 0 aliphatic carbocycles. The van der Waals surface area contributed by atoms with E-state index in [4.69, 9.17) is 2.74 Å². The van der Waals surface area contributed by atoms with Gasteiger partial charge in [-0.1, -0.05) is 12.1 Å². The first kappa shape index (κ1) is 15.8. The summed E-state index contributed by atoms with van der Waals surface area (Å²) >= 11 is 0. The number of fused-ring (bicyclic) bond motifs is 2. The van der Waals surface area contributed by atoms with Gasteiger partial charge in [0.15, 0.2) is 0 Å². The van der Waals surface area contributed by atoms with Crippen LogP contribution in [0.4, 0.5) is 20.6 Å². The van der Waals surface area contributed by atoms with E-state index in [9.17, 15) is 9.18 Å². The number of carbonyl (C=O) groups is 1. The lowest BCUT2D eigenvalue weighted by molar-refractivity contribution is 0.262. The summed E-state index contributed by atoms with van der Waals surface area (Å²) in [6, 6.07) is 15.6. The van der Waals surface area contributed by atoms with Crippen LogP contribution in [0.15, 0.2) is 79.3 Å². The van der Waals surface area contributed by atoms with Gasteiger partial charge >= 0.3 is 6.03 Å².